The van der Waals surface area contributed by atoms with E-state index in [1.54, 1.807) is 6.07 Å². The maximum Gasteiger partial charge on any atom is 0.356 e. The van der Waals surface area contributed by atoms with Gasteiger partial charge in [-0.15, -0.1) is 0 Å². The minimum absolute atomic E-state index is 0.00796. The van der Waals surface area contributed by atoms with Crippen LogP contribution < -0.4 is 10.6 Å². The Morgan fingerprint density at radius 2 is 2.35 bits per heavy atom. The lowest BCUT2D eigenvalue weighted by atomic mass is 10.1. The second-order valence-corrected chi connectivity index (χ2v) is 4.64. The zero-order valence-corrected chi connectivity index (χ0v) is 11.1. The third-order valence-electron chi connectivity index (χ3n) is 3.14. The fourth-order valence-corrected chi connectivity index (χ4v) is 2.13. The first-order valence-corrected chi connectivity index (χ1v) is 6.45. The summed E-state index contributed by atoms with van der Waals surface area (Å²) >= 11 is 0. The maximum atomic E-state index is 11.9. The quantitative estimate of drug-likeness (QED) is 0.774. The van der Waals surface area contributed by atoms with Crippen molar-refractivity contribution < 1.29 is 19.4 Å². The van der Waals surface area contributed by atoms with E-state index in [0.717, 1.165) is 12.8 Å². The number of aromatic nitrogens is 1. The van der Waals surface area contributed by atoms with Crippen molar-refractivity contribution in [2.75, 3.05) is 11.9 Å². The molecule has 0 spiro atoms. The second-order valence-electron chi connectivity index (χ2n) is 4.64. The number of amides is 2. The molecular weight excluding hydrogens is 262 g/mol. The van der Waals surface area contributed by atoms with Crippen LogP contribution in [0.2, 0.25) is 0 Å². The number of rotatable bonds is 4. The summed E-state index contributed by atoms with van der Waals surface area (Å²) in [5.74, 6) is -1.19. The second kappa shape index (κ2) is 6.33. The molecule has 0 bridgehead atoms. The summed E-state index contributed by atoms with van der Waals surface area (Å²) in [5, 5.41) is 14.2. The Morgan fingerprint density at radius 3 is 3.00 bits per heavy atom. The lowest BCUT2D eigenvalue weighted by molar-refractivity contribution is 0.0691. The molecule has 1 aliphatic heterocycles. The van der Waals surface area contributed by atoms with Gasteiger partial charge in [0.1, 0.15) is 0 Å². The van der Waals surface area contributed by atoms with Gasteiger partial charge in [-0.1, -0.05) is 0 Å². The van der Waals surface area contributed by atoms with Crippen molar-refractivity contribution in [3.63, 3.8) is 0 Å². The lowest BCUT2D eigenvalue weighted by Crippen LogP contribution is -2.43. The predicted octanol–water partition coefficient (Wildman–Crippen LogP) is 1.47. The minimum Gasteiger partial charge on any atom is -0.476 e. The summed E-state index contributed by atoms with van der Waals surface area (Å²) in [6.07, 6.45) is 3.27. The number of hydrogen-bond donors (Lipinski definition) is 3. The van der Waals surface area contributed by atoms with E-state index in [-0.39, 0.29) is 23.5 Å². The number of urea groups is 1. The molecule has 108 valence electrons. The van der Waals surface area contributed by atoms with E-state index in [0.29, 0.717) is 6.61 Å². The molecule has 2 heterocycles. The first-order valence-electron chi connectivity index (χ1n) is 6.45. The summed E-state index contributed by atoms with van der Waals surface area (Å²) in [5.41, 5.74) is -0.0236. The monoisotopic (exact) mass is 279 g/mol. The van der Waals surface area contributed by atoms with Crippen LogP contribution in [-0.4, -0.2) is 40.8 Å². The molecule has 1 aromatic rings. The zero-order chi connectivity index (χ0) is 14.5. The van der Waals surface area contributed by atoms with E-state index in [1.165, 1.54) is 12.3 Å². The molecule has 20 heavy (non-hydrogen) atoms. The van der Waals surface area contributed by atoms with Gasteiger partial charge in [0, 0.05) is 12.8 Å². The molecule has 1 fully saturated rings. The smallest absolute Gasteiger partial charge is 0.356 e. The molecule has 2 atom stereocenters. The summed E-state index contributed by atoms with van der Waals surface area (Å²) in [6.45, 7) is 2.57. The fourth-order valence-electron chi connectivity index (χ4n) is 2.13. The Kier molecular flexibility index (Phi) is 4.52. The van der Waals surface area contributed by atoms with E-state index >= 15 is 0 Å². The van der Waals surface area contributed by atoms with E-state index in [9.17, 15) is 9.59 Å². The first-order chi connectivity index (χ1) is 9.58. The van der Waals surface area contributed by atoms with Gasteiger partial charge in [0.25, 0.3) is 0 Å². The third-order valence-corrected chi connectivity index (χ3v) is 3.14. The van der Waals surface area contributed by atoms with E-state index in [1.807, 2.05) is 6.92 Å². The molecule has 1 saturated heterocycles. The van der Waals surface area contributed by atoms with Gasteiger partial charge in [-0.3, -0.25) is 0 Å². The SMILES string of the molecule is CC(NC(=O)Nc1cccnc1C(=O)O)C1CCCO1. The van der Waals surface area contributed by atoms with Crippen molar-refractivity contribution in [3.05, 3.63) is 24.0 Å². The molecular formula is C13H17N3O4. The molecule has 2 rings (SSSR count). The molecule has 3 N–H and O–H groups in total. The third kappa shape index (κ3) is 3.45. The van der Waals surface area contributed by atoms with Gasteiger partial charge in [0.05, 0.1) is 17.8 Å². The molecule has 0 radical (unpaired) electrons. The van der Waals surface area contributed by atoms with E-state index in [4.69, 9.17) is 9.84 Å². The van der Waals surface area contributed by atoms with Gasteiger partial charge in [0.2, 0.25) is 0 Å². The number of nitrogens with zero attached hydrogens (tertiary/aromatic N) is 1. The standard InChI is InChI=1S/C13H17N3O4/c1-8(10-5-3-7-20-10)15-13(19)16-9-4-2-6-14-11(9)12(17)18/h2,4,6,8,10H,3,5,7H2,1H3,(H,17,18)(H2,15,16,19). The number of carboxylic acid groups (broad SMARTS) is 1. The number of pyridine rings is 1. The van der Waals surface area contributed by atoms with Crippen LogP contribution in [0.5, 0.6) is 0 Å². The maximum absolute atomic E-state index is 11.9. The topological polar surface area (TPSA) is 101 Å². The van der Waals surface area contributed by atoms with Gasteiger partial charge in [0.15, 0.2) is 5.69 Å². The van der Waals surface area contributed by atoms with Crippen LogP contribution in [0.3, 0.4) is 0 Å². The molecule has 7 nitrogen and oxygen atoms in total. The number of aromatic carboxylic acids is 1. The predicted molar refractivity (Wildman–Crippen MR) is 71.8 cm³/mol. The van der Waals surface area contributed by atoms with Crippen molar-refractivity contribution in [2.24, 2.45) is 0 Å². The van der Waals surface area contributed by atoms with Crippen LogP contribution >= 0.6 is 0 Å². The van der Waals surface area contributed by atoms with Crippen molar-refractivity contribution in [1.29, 1.82) is 0 Å². The normalized spacial score (nSPS) is 19.4. The van der Waals surface area contributed by atoms with Crippen LogP contribution in [0.1, 0.15) is 30.3 Å². The molecule has 2 amide bonds. The van der Waals surface area contributed by atoms with Gasteiger partial charge in [-0.25, -0.2) is 14.6 Å². The summed E-state index contributed by atoms with van der Waals surface area (Å²) < 4.78 is 5.48. The highest BCUT2D eigenvalue weighted by atomic mass is 16.5. The highest BCUT2D eigenvalue weighted by molar-refractivity contribution is 5.98. The van der Waals surface area contributed by atoms with Gasteiger partial charge >= 0.3 is 12.0 Å². The molecule has 1 aliphatic rings. The molecule has 0 aliphatic carbocycles. The van der Waals surface area contributed by atoms with E-state index < -0.39 is 12.0 Å². The van der Waals surface area contributed by atoms with Crippen molar-refractivity contribution in [3.8, 4) is 0 Å². The Hall–Kier alpha value is -2.15. The summed E-state index contributed by atoms with van der Waals surface area (Å²) in [6, 6.07) is 2.45. The van der Waals surface area contributed by atoms with Crippen LogP contribution in [0.15, 0.2) is 18.3 Å². The number of anilines is 1. The summed E-state index contributed by atoms with van der Waals surface area (Å²) in [7, 11) is 0. The number of hydrogen-bond acceptors (Lipinski definition) is 4. The van der Waals surface area contributed by atoms with Crippen LogP contribution in [0, 0.1) is 0 Å². The number of carboxylic acids is 1. The van der Waals surface area contributed by atoms with E-state index in [2.05, 4.69) is 15.6 Å². The highest BCUT2D eigenvalue weighted by Gasteiger charge is 2.24. The molecule has 0 saturated carbocycles. The average Bonchev–Trinajstić information content (AvgIpc) is 2.92. The van der Waals surface area contributed by atoms with Crippen molar-refractivity contribution >= 4 is 17.7 Å². The number of carbonyl (C=O) groups excluding carboxylic acids is 1. The molecule has 1 aromatic heterocycles. The van der Waals surface area contributed by atoms with Gasteiger partial charge < -0.3 is 20.5 Å². The lowest BCUT2D eigenvalue weighted by Gasteiger charge is -2.20. The Labute approximate surface area is 116 Å². The molecule has 0 aromatic carbocycles. The van der Waals surface area contributed by atoms with Gasteiger partial charge in [-0.05, 0) is 31.9 Å². The van der Waals surface area contributed by atoms with Gasteiger partial charge in [-0.2, -0.15) is 0 Å². The zero-order valence-electron chi connectivity index (χ0n) is 11.1. The van der Waals surface area contributed by atoms with Crippen molar-refractivity contribution in [1.82, 2.24) is 10.3 Å². The van der Waals surface area contributed by atoms with Crippen LogP contribution in [-0.2, 0) is 4.74 Å². The van der Waals surface area contributed by atoms with Crippen LogP contribution in [0.4, 0.5) is 10.5 Å². The minimum atomic E-state index is -1.19. The Morgan fingerprint density at radius 1 is 1.55 bits per heavy atom. The molecule has 2 unspecified atom stereocenters. The highest BCUT2D eigenvalue weighted by Crippen LogP contribution is 2.16. The fraction of sp³-hybridized carbons (Fsp3) is 0.462. The average molecular weight is 279 g/mol. The Bertz CT molecular complexity index is 500. The number of nitrogens with one attached hydrogen (secondary N) is 2. The first kappa shape index (κ1) is 14.3. The van der Waals surface area contributed by atoms with Crippen LogP contribution in [0.25, 0.3) is 0 Å². The molecule has 7 heteroatoms. The number of ether oxygens (including phenoxy) is 1. The Balaban J connectivity index is 1.96. The largest absolute Gasteiger partial charge is 0.476 e. The number of carbonyl (C=O) groups is 2. The van der Waals surface area contributed by atoms with Crippen molar-refractivity contribution in [2.45, 2.75) is 31.9 Å². The summed E-state index contributed by atoms with van der Waals surface area (Å²) in [4.78, 5) is 26.6.